The van der Waals surface area contributed by atoms with E-state index in [9.17, 15) is 4.79 Å². The van der Waals surface area contributed by atoms with Gasteiger partial charge in [0, 0.05) is 23.3 Å². The molecule has 0 unspecified atom stereocenters. The number of imidazole rings is 1. The number of esters is 1. The number of ether oxygens (including phenoxy) is 2. The maximum absolute atomic E-state index is 12.0. The van der Waals surface area contributed by atoms with Gasteiger partial charge in [0.2, 0.25) is 0 Å². The Kier molecular flexibility index (Phi) is 8.87. The first-order chi connectivity index (χ1) is 17.9. The quantitative estimate of drug-likeness (QED) is 0.212. The fraction of sp³-hybridized carbons (Fsp3) is 0.241. The first-order valence-electron chi connectivity index (χ1n) is 12.1. The topological polar surface area (TPSA) is 79.4 Å². The van der Waals surface area contributed by atoms with E-state index in [1.54, 1.807) is 36.4 Å². The molecule has 3 aromatic carbocycles. The van der Waals surface area contributed by atoms with E-state index in [0.29, 0.717) is 33.5 Å². The van der Waals surface area contributed by atoms with Crippen LogP contribution in [-0.2, 0) is 17.7 Å². The number of halogens is 2. The number of unbranched alkanes of at least 4 members (excludes halogenated alkanes) is 1. The molecular weight excluding hydrogens is 509 g/mol. The van der Waals surface area contributed by atoms with Crippen molar-refractivity contribution in [2.45, 2.75) is 38.8 Å². The van der Waals surface area contributed by atoms with Crippen molar-refractivity contribution < 1.29 is 14.3 Å². The summed E-state index contributed by atoms with van der Waals surface area (Å²) < 4.78 is 12.9. The molecular formula is C29H29Cl2N3O3. The SMILES string of the molecule is CCCCn1cc(-c2ccc(Cl)cc2Cl)nc1[C@@H](N)Cc1ccc(Oc2ccccc2C(=O)OC)cc1. The van der Waals surface area contributed by atoms with Crippen molar-refractivity contribution in [1.29, 1.82) is 0 Å². The molecule has 1 aromatic heterocycles. The molecule has 0 aliphatic carbocycles. The molecule has 0 fully saturated rings. The van der Waals surface area contributed by atoms with E-state index in [1.165, 1.54) is 7.11 Å². The average Bonchev–Trinajstić information content (AvgIpc) is 3.32. The van der Waals surface area contributed by atoms with E-state index in [-0.39, 0.29) is 6.04 Å². The van der Waals surface area contributed by atoms with E-state index in [1.807, 2.05) is 36.5 Å². The molecule has 0 saturated heterocycles. The largest absolute Gasteiger partial charge is 0.465 e. The smallest absolute Gasteiger partial charge is 0.341 e. The molecule has 0 spiro atoms. The van der Waals surface area contributed by atoms with Crippen LogP contribution in [0.25, 0.3) is 11.3 Å². The van der Waals surface area contributed by atoms with Crippen LogP contribution < -0.4 is 10.5 Å². The zero-order valence-corrected chi connectivity index (χ0v) is 22.3. The Morgan fingerprint density at radius 1 is 1.08 bits per heavy atom. The lowest BCUT2D eigenvalue weighted by Crippen LogP contribution is -2.19. The van der Waals surface area contributed by atoms with Crippen LogP contribution in [0.4, 0.5) is 0 Å². The van der Waals surface area contributed by atoms with Crippen LogP contribution in [0.5, 0.6) is 11.5 Å². The summed E-state index contributed by atoms with van der Waals surface area (Å²) in [6, 6.07) is 19.7. The van der Waals surface area contributed by atoms with Crippen molar-refractivity contribution in [3.63, 3.8) is 0 Å². The fourth-order valence-electron chi connectivity index (χ4n) is 4.06. The Bertz CT molecular complexity index is 1370. The summed E-state index contributed by atoms with van der Waals surface area (Å²) in [6.45, 7) is 2.98. The molecule has 1 heterocycles. The lowest BCUT2D eigenvalue weighted by Gasteiger charge is -2.15. The highest BCUT2D eigenvalue weighted by Gasteiger charge is 2.19. The molecule has 37 heavy (non-hydrogen) atoms. The van der Waals surface area contributed by atoms with Gasteiger partial charge in [-0.3, -0.25) is 0 Å². The summed E-state index contributed by atoms with van der Waals surface area (Å²) in [4.78, 5) is 16.9. The second kappa shape index (κ2) is 12.3. The number of hydrogen-bond donors (Lipinski definition) is 1. The third-order valence-corrected chi connectivity index (χ3v) is 6.55. The van der Waals surface area contributed by atoms with Crippen LogP contribution in [0.1, 0.15) is 47.6 Å². The zero-order chi connectivity index (χ0) is 26.4. The monoisotopic (exact) mass is 537 g/mol. The predicted molar refractivity (Wildman–Crippen MR) is 148 cm³/mol. The van der Waals surface area contributed by atoms with Gasteiger partial charge in [0.05, 0.1) is 23.9 Å². The molecule has 4 rings (SSSR count). The summed E-state index contributed by atoms with van der Waals surface area (Å²) in [5.41, 5.74) is 9.67. The Hall–Kier alpha value is -3.32. The molecule has 1 atom stereocenters. The van der Waals surface area contributed by atoms with Crippen molar-refractivity contribution in [2.24, 2.45) is 5.73 Å². The second-order valence-electron chi connectivity index (χ2n) is 8.70. The van der Waals surface area contributed by atoms with Crippen LogP contribution in [0.15, 0.2) is 72.9 Å². The molecule has 192 valence electrons. The third kappa shape index (κ3) is 6.52. The molecule has 8 heteroatoms. The minimum atomic E-state index is -0.448. The van der Waals surface area contributed by atoms with E-state index >= 15 is 0 Å². The van der Waals surface area contributed by atoms with Crippen LogP contribution in [0, 0.1) is 0 Å². The molecule has 0 aliphatic rings. The lowest BCUT2D eigenvalue weighted by molar-refractivity contribution is 0.0598. The van der Waals surface area contributed by atoms with Crippen molar-refractivity contribution in [3.05, 3.63) is 99.9 Å². The molecule has 4 aromatic rings. The van der Waals surface area contributed by atoms with Crippen molar-refractivity contribution in [1.82, 2.24) is 9.55 Å². The summed E-state index contributed by atoms with van der Waals surface area (Å²) in [7, 11) is 1.34. The molecule has 2 N–H and O–H groups in total. The van der Waals surface area contributed by atoms with Gasteiger partial charge < -0.3 is 19.8 Å². The van der Waals surface area contributed by atoms with E-state index in [4.69, 9.17) is 43.4 Å². The van der Waals surface area contributed by atoms with Crippen molar-refractivity contribution in [3.8, 4) is 22.8 Å². The maximum atomic E-state index is 12.0. The second-order valence-corrected chi connectivity index (χ2v) is 9.54. The van der Waals surface area contributed by atoms with Crippen LogP contribution >= 0.6 is 23.2 Å². The number of nitrogens with zero attached hydrogens (tertiary/aromatic N) is 2. The summed E-state index contributed by atoms with van der Waals surface area (Å²) in [5.74, 6) is 1.40. The molecule has 0 aliphatic heterocycles. The standard InChI is InChI=1S/C29H29Cl2N3O3/c1-3-4-15-34-18-26(22-14-11-20(30)17-24(22)31)33-28(34)25(32)16-19-9-12-21(13-10-19)37-27-8-6-5-7-23(27)29(35)36-2/h5-14,17-18,25H,3-4,15-16,32H2,1-2H3/t25-/m0/s1. The predicted octanol–water partition coefficient (Wildman–Crippen LogP) is 7.48. The van der Waals surface area contributed by atoms with Crippen LogP contribution in [0.2, 0.25) is 10.0 Å². The highest BCUT2D eigenvalue weighted by Crippen LogP contribution is 2.32. The Balaban J connectivity index is 1.52. The minimum Gasteiger partial charge on any atom is -0.465 e. The number of rotatable bonds is 10. The lowest BCUT2D eigenvalue weighted by atomic mass is 10.1. The number of aromatic nitrogens is 2. The number of carbonyl (C=O) groups excluding carboxylic acids is 1. The first kappa shape index (κ1) is 26.7. The highest BCUT2D eigenvalue weighted by atomic mass is 35.5. The Morgan fingerprint density at radius 3 is 2.54 bits per heavy atom. The van der Waals surface area contributed by atoms with E-state index < -0.39 is 5.97 Å². The van der Waals surface area contributed by atoms with Crippen LogP contribution in [0.3, 0.4) is 0 Å². The number of para-hydroxylation sites is 1. The normalized spacial score (nSPS) is 11.8. The first-order valence-corrected chi connectivity index (χ1v) is 12.9. The van der Waals surface area contributed by atoms with E-state index in [0.717, 1.165) is 42.0 Å². The molecule has 0 saturated carbocycles. The zero-order valence-electron chi connectivity index (χ0n) is 20.8. The van der Waals surface area contributed by atoms with Crippen molar-refractivity contribution in [2.75, 3.05) is 7.11 Å². The third-order valence-electron chi connectivity index (χ3n) is 6.00. The number of nitrogens with two attached hydrogens (primary N) is 1. The van der Waals surface area contributed by atoms with Gasteiger partial charge in [0.15, 0.2) is 0 Å². The highest BCUT2D eigenvalue weighted by molar-refractivity contribution is 6.36. The minimum absolute atomic E-state index is 0.316. The number of methoxy groups -OCH3 is 1. The fourth-order valence-corrected chi connectivity index (χ4v) is 4.57. The van der Waals surface area contributed by atoms with E-state index in [2.05, 4.69) is 11.5 Å². The number of carbonyl (C=O) groups is 1. The van der Waals surface area contributed by atoms with Crippen molar-refractivity contribution >= 4 is 29.2 Å². The Labute approximate surface area is 226 Å². The molecule has 6 nitrogen and oxygen atoms in total. The van der Waals surface area contributed by atoms with Gasteiger partial charge in [-0.25, -0.2) is 9.78 Å². The van der Waals surface area contributed by atoms with Gasteiger partial charge in [-0.05, 0) is 60.9 Å². The maximum Gasteiger partial charge on any atom is 0.341 e. The summed E-state index contributed by atoms with van der Waals surface area (Å²) in [5, 5.41) is 1.13. The summed E-state index contributed by atoms with van der Waals surface area (Å²) >= 11 is 12.5. The Morgan fingerprint density at radius 2 is 1.84 bits per heavy atom. The van der Waals surface area contributed by atoms with Crippen LogP contribution in [-0.4, -0.2) is 22.6 Å². The van der Waals surface area contributed by atoms with Gasteiger partial charge in [-0.2, -0.15) is 0 Å². The summed E-state index contributed by atoms with van der Waals surface area (Å²) in [6.07, 6.45) is 4.68. The van der Waals surface area contributed by atoms with Gasteiger partial charge in [0.1, 0.15) is 22.9 Å². The molecule has 0 radical (unpaired) electrons. The van der Waals surface area contributed by atoms with Gasteiger partial charge in [0.25, 0.3) is 0 Å². The number of hydrogen-bond acceptors (Lipinski definition) is 5. The molecule has 0 amide bonds. The van der Waals surface area contributed by atoms with Gasteiger partial charge >= 0.3 is 5.97 Å². The average molecular weight is 538 g/mol. The number of benzene rings is 3. The molecule has 0 bridgehead atoms. The van der Waals surface area contributed by atoms with Gasteiger partial charge in [-0.15, -0.1) is 0 Å². The number of aryl methyl sites for hydroxylation is 1. The van der Waals surface area contributed by atoms with Gasteiger partial charge in [-0.1, -0.05) is 60.8 Å².